The summed E-state index contributed by atoms with van der Waals surface area (Å²) in [5, 5.41) is 5.59. The van der Waals surface area contributed by atoms with E-state index in [4.69, 9.17) is 0 Å². The average molecular weight is 258 g/mol. The predicted octanol–water partition coefficient (Wildman–Crippen LogP) is 0.364. The molecule has 0 unspecified atom stereocenters. The Labute approximate surface area is 110 Å². The molecule has 1 aromatic rings. The summed E-state index contributed by atoms with van der Waals surface area (Å²) in [4.78, 5) is 27.5. The minimum Gasteiger partial charge on any atom is -0.334 e. The maximum Gasteiger partial charge on any atom is 0.262 e. The molecule has 98 valence electrons. The Hall–Kier alpha value is -2.37. The van der Waals surface area contributed by atoms with E-state index < -0.39 is 0 Å². The third-order valence-corrected chi connectivity index (χ3v) is 3.38. The summed E-state index contributed by atoms with van der Waals surface area (Å²) in [5.41, 5.74) is 1.35. The first-order valence-corrected chi connectivity index (χ1v) is 6.04. The van der Waals surface area contributed by atoms with Crippen molar-refractivity contribution >= 4 is 23.3 Å². The molecule has 0 atom stereocenters. The number of amidine groups is 1. The van der Waals surface area contributed by atoms with Gasteiger partial charge in [-0.3, -0.25) is 9.59 Å². The third-order valence-electron chi connectivity index (χ3n) is 3.38. The van der Waals surface area contributed by atoms with Crippen LogP contribution in [0.1, 0.15) is 10.4 Å². The van der Waals surface area contributed by atoms with E-state index in [1.807, 2.05) is 23.1 Å². The van der Waals surface area contributed by atoms with Crippen molar-refractivity contribution in [3.63, 3.8) is 0 Å². The number of para-hydroxylation sites is 1. The van der Waals surface area contributed by atoms with E-state index in [1.54, 1.807) is 25.1 Å². The second kappa shape index (κ2) is 4.08. The predicted molar refractivity (Wildman–Crippen MR) is 71.0 cm³/mol. The van der Waals surface area contributed by atoms with Crippen molar-refractivity contribution in [2.45, 2.75) is 0 Å². The number of likely N-dealkylation sites (N-methyl/N-ethyl adjacent to an activating group) is 2. The van der Waals surface area contributed by atoms with Gasteiger partial charge < -0.3 is 9.80 Å². The first-order valence-electron chi connectivity index (χ1n) is 6.04. The van der Waals surface area contributed by atoms with Crippen LogP contribution in [0.25, 0.3) is 0 Å². The minimum absolute atomic E-state index is 0.0530. The van der Waals surface area contributed by atoms with Crippen molar-refractivity contribution in [1.82, 2.24) is 9.91 Å². The average Bonchev–Trinajstić information content (AvgIpc) is 2.50. The summed E-state index contributed by atoms with van der Waals surface area (Å²) in [6, 6.07) is 7.31. The number of carbonyl (C=O) groups is 2. The summed E-state index contributed by atoms with van der Waals surface area (Å²) >= 11 is 0. The molecule has 0 aliphatic carbocycles. The van der Waals surface area contributed by atoms with Crippen molar-refractivity contribution in [2.24, 2.45) is 5.10 Å². The Morgan fingerprint density at radius 3 is 2.63 bits per heavy atom. The van der Waals surface area contributed by atoms with Gasteiger partial charge in [0.05, 0.1) is 17.8 Å². The van der Waals surface area contributed by atoms with Crippen LogP contribution in [0, 0.1) is 0 Å². The van der Waals surface area contributed by atoms with Crippen LogP contribution in [-0.4, -0.2) is 54.7 Å². The molecular formula is C13H14N4O2. The molecule has 19 heavy (non-hydrogen) atoms. The molecule has 2 heterocycles. The summed E-state index contributed by atoms with van der Waals surface area (Å²) in [5.74, 6) is 0.571. The molecule has 2 aliphatic rings. The topological polar surface area (TPSA) is 56.2 Å². The monoisotopic (exact) mass is 258 g/mol. The van der Waals surface area contributed by atoms with E-state index in [0.717, 1.165) is 5.69 Å². The molecule has 0 N–H and O–H groups in total. The third kappa shape index (κ3) is 1.76. The highest BCUT2D eigenvalue weighted by atomic mass is 16.2. The van der Waals surface area contributed by atoms with Crippen molar-refractivity contribution < 1.29 is 9.59 Å². The van der Waals surface area contributed by atoms with E-state index in [9.17, 15) is 9.59 Å². The number of anilines is 1. The molecule has 0 fully saturated rings. The van der Waals surface area contributed by atoms with Gasteiger partial charge in [0, 0.05) is 14.1 Å². The zero-order valence-electron chi connectivity index (χ0n) is 10.8. The molecule has 2 amide bonds. The number of hydrogen-bond donors (Lipinski definition) is 0. The molecule has 0 aromatic heterocycles. The van der Waals surface area contributed by atoms with E-state index in [0.29, 0.717) is 17.9 Å². The number of rotatable bonds is 0. The van der Waals surface area contributed by atoms with Crippen molar-refractivity contribution in [1.29, 1.82) is 0 Å². The Kier molecular flexibility index (Phi) is 2.51. The first kappa shape index (κ1) is 11.7. The Balaban J connectivity index is 2.18. The zero-order valence-corrected chi connectivity index (χ0v) is 10.8. The van der Waals surface area contributed by atoms with Gasteiger partial charge >= 0.3 is 0 Å². The van der Waals surface area contributed by atoms with Crippen molar-refractivity contribution in [3.8, 4) is 0 Å². The van der Waals surface area contributed by atoms with E-state index in [1.165, 1.54) is 5.01 Å². The highest BCUT2D eigenvalue weighted by Gasteiger charge is 2.33. The van der Waals surface area contributed by atoms with Gasteiger partial charge in [-0.05, 0) is 12.1 Å². The lowest BCUT2D eigenvalue weighted by atomic mass is 10.1. The number of fused-ring (bicyclic) bond motifs is 3. The number of benzene rings is 1. The van der Waals surface area contributed by atoms with Crippen LogP contribution in [0.2, 0.25) is 0 Å². The number of nitrogens with zero attached hydrogens (tertiary/aromatic N) is 4. The van der Waals surface area contributed by atoms with E-state index in [2.05, 4.69) is 5.10 Å². The lowest BCUT2D eigenvalue weighted by molar-refractivity contribution is -0.128. The maximum absolute atomic E-state index is 12.3. The molecule has 0 saturated carbocycles. The molecule has 6 nitrogen and oxygen atoms in total. The van der Waals surface area contributed by atoms with Crippen LogP contribution in [0.3, 0.4) is 0 Å². The summed E-state index contributed by atoms with van der Waals surface area (Å²) < 4.78 is 0. The number of hydrazone groups is 1. The van der Waals surface area contributed by atoms with Gasteiger partial charge in [0.2, 0.25) is 0 Å². The second-order valence-electron chi connectivity index (χ2n) is 4.70. The van der Waals surface area contributed by atoms with Gasteiger partial charge in [-0.2, -0.15) is 5.10 Å². The molecular weight excluding hydrogens is 244 g/mol. The largest absolute Gasteiger partial charge is 0.334 e. The molecule has 3 rings (SSSR count). The number of amides is 2. The van der Waals surface area contributed by atoms with Gasteiger partial charge in [0.1, 0.15) is 12.4 Å². The molecule has 2 aliphatic heterocycles. The Bertz CT molecular complexity index is 596. The van der Waals surface area contributed by atoms with Gasteiger partial charge in [0.15, 0.2) is 0 Å². The number of carbonyl (C=O) groups excluding carboxylic acids is 2. The van der Waals surface area contributed by atoms with Gasteiger partial charge in [-0.15, -0.1) is 0 Å². The lowest BCUT2D eigenvalue weighted by Crippen LogP contribution is -2.48. The van der Waals surface area contributed by atoms with Crippen LogP contribution in [0.4, 0.5) is 5.69 Å². The normalized spacial score (nSPS) is 18.8. The maximum atomic E-state index is 12.3. The SMILES string of the molecule is CN1CC2=NN(C)C(=O)CN2c2ccccc2C1=O. The first-order chi connectivity index (χ1) is 9.08. The minimum atomic E-state index is -0.0874. The highest BCUT2D eigenvalue weighted by Crippen LogP contribution is 2.26. The van der Waals surface area contributed by atoms with Crippen LogP contribution in [0.5, 0.6) is 0 Å². The quantitative estimate of drug-likeness (QED) is 0.675. The van der Waals surface area contributed by atoms with Gasteiger partial charge in [0.25, 0.3) is 11.8 Å². The fourth-order valence-electron chi connectivity index (χ4n) is 2.33. The molecule has 0 spiro atoms. The number of hydrogen-bond acceptors (Lipinski definition) is 4. The van der Waals surface area contributed by atoms with Crippen LogP contribution in [-0.2, 0) is 4.79 Å². The lowest BCUT2D eigenvalue weighted by Gasteiger charge is -2.31. The molecule has 1 aromatic carbocycles. The smallest absolute Gasteiger partial charge is 0.262 e. The van der Waals surface area contributed by atoms with E-state index >= 15 is 0 Å². The molecule has 6 heteroatoms. The fourth-order valence-corrected chi connectivity index (χ4v) is 2.33. The zero-order chi connectivity index (χ0) is 13.6. The van der Waals surface area contributed by atoms with Crippen LogP contribution >= 0.6 is 0 Å². The fraction of sp³-hybridized carbons (Fsp3) is 0.308. The summed E-state index contributed by atoms with van der Waals surface area (Å²) in [6.07, 6.45) is 0. The summed E-state index contributed by atoms with van der Waals surface area (Å²) in [7, 11) is 3.37. The standard InChI is InChI=1S/C13H14N4O2/c1-15-7-11-14-16(2)12(18)8-17(11)10-6-4-3-5-9(10)13(15)19/h3-6H,7-8H2,1-2H3. The highest BCUT2D eigenvalue weighted by molar-refractivity contribution is 6.14. The Morgan fingerprint density at radius 2 is 1.84 bits per heavy atom. The van der Waals surface area contributed by atoms with Crippen molar-refractivity contribution in [2.75, 3.05) is 32.1 Å². The molecule has 0 radical (unpaired) electrons. The van der Waals surface area contributed by atoms with Crippen LogP contribution < -0.4 is 4.90 Å². The van der Waals surface area contributed by atoms with Crippen molar-refractivity contribution in [3.05, 3.63) is 29.8 Å². The van der Waals surface area contributed by atoms with Crippen LogP contribution in [0.15, 0.2) is 29.4 Å². The van der Waals surface area contributed by atoms with Gasteiger partial charge in [-0.25, -0.2) is 5.01 Å². The molecule has 0 bridgehead atoms. The second-order valence-corrected chi connectivity index (χ2v) is 4.70. The molecule has 0 saturated heterocycles. The Morgan fingerprint density at radius 1 is 1.11 bits per heavy atom. The van der Waals surface area contributed by atoms with E-state index in [-0.39, 0.29) is 18.4 Å². The summed E-state index contributed by atoms with van der Waals surface area (Å²) in [6.45, 7) is 0.610. The van der Waals surface area contributed by atoms with Gasteiger partial charge in [-0.1, -0.05) is 12.1 Å².